The Morgan fingerprint density at radius 3 is 2.89 bits per heavy atom. The van der Waals surface area contributed by atoms with Gasteiger partial charge in [-0.2, -0.15) is 0 Å². The summed E-state index contributed by atoms with van der Waals surface area (Å²) in [7, 11) is 1.63. The highest BCUT2D eigenvalue weighted by molar-refractivity contribution is 5.78. The van der Waals surface area contributed by atoms with Crippen LogP contribution in [-0.2, 0) is 11.3 Å². The van der Waals surface area contributed by atoms with Gasteiger partial charge in [0, 0.05) is 13.1 Å². The first kappa shape index (κ1) is 14.5. The Morgan fingerprint density at radius 1 is 1.50 bits per heavy atom. The number of hydrogen-bond donors (Lipinski definition) is 2. The molecule has 1 rings (SSSR count). The summed E-state index contributed by atoms with van der Waals surface area (Å²) in [6.07, 6.45) is 1.80. The van der Waals surface area contributed by atoms with E-state index in [1.54, 1.807) is 7.11 Å². The average molecular weight is 250 g/mol. The van der Waals surface area contributed by atoms with E-state index in [2.05, 4.69) is 12.2 Å². The molecule has 3 N–H and O–H groups in total. The van der Waals surface area contributed by atoms with E-state index in [4.69, 9.17) is 10.5 Å². The van der Waals surface area contributed by atoms with Crippen LogP contribution in [0.1, 0.15) is 25.3 Å². The number of nitrogens with two attached hydrogens (primary N) is 1. The van der Waals surface area contributed by atoms with Crippen molar-refractivity contribution < 1.29 is 9.53 Å². The number of carbonyl (C=O) groups excluding carboxylic acids is 1. The minimum absolute atomic E-state index is 0.0298. The van der Waals surface area contributed by atoms with Gasteiger partial charge in [0.1, 0.15) is 5.75 Å². The smallest absolute Gasteiger partial charge is 0.224 e. The maximum Gasteiger partial charge on any atom is 0.224 e. The molecular weight excluding hydrogens is 228 g/mol. The van der Waals surface area contributed by atoms with Crippen molar-refractivity contribution in [2.24, 2.45) is 11.7 Å². The molecule has 0 aliphatic rings. The van der Waals surface area contributed by atoms with Crippen LogP contribution in [0.5, 0.6) is 5.75 Å². The maximum absolute atomic E-state index is 11.9. The van der Waals surface area contributed by atoms with Crippen LogP contribution in [-0.4, -0.2) is 19.6 Å². The first-order chi connectivity index (χ1) is 8.71. The van der Waals surface area contributed by atoms with Crippen LogP contribution in [0.3, 0.4) is 0 Å². The molecule has 0 saturated carbocycles. The Bertz CT molecular complexity index is 380. The highest BCUT2D eigenvalue weighted by atomic mass is 16.5. The lowest BCUT2D eigenvalue weighted by Gasteiger charge is -2.14. The lowest BCUT2D eigenvalue weighted by Crippen LogP contribution is -2.34. The summed E-state index contributed by atoms with van der Waals surface area (Å²) in [5, 5.41) is 2.91. The Morgan fingerprint density at radius 2 is 2.28 bits per heavy atom. The zero-order chi connectivity index (χ0) is 13.4. The molecule has 0 fully saturated rings. The van der Waals surface area contributed by atoms with Gasteiger partial charge in [0.15, 0.2) is 0 Å². The minimum Gasteiger partial charge on any atom is -0.497 e. The standard InChI is InChI=1S/C14H22N2O2/c1-3-5-12(9-15)14(17)16-10-11-6-4-7-13(8-11)18-2/h4,6-8,12H,3,5,9-10,15H2,1-2H3,(H,16,17). The number of methoxy groups -OCH3 is 1. The summed E-state index contributed by atoms with van der Waals surface area (Å²) in [5.74, 6) is 0.744. The van der Waals surface area contributed by atoms with Crippen LogP contribution in [0.2, 0.25) is 0 Å². The van der Waals surface area contributed by atoms with Gasteiger partial charge in [-0.3, -0.25) is 4.79 Å². The normalized spacial score (nSPS) is 11.9. The fourth-order valence-corrected chi connectivity index (χ4v) is 1.82. The Labute approximate surface area is 109 Å². The number of hydrogen-bond acceptors (Lipinski definition) is 3. The third-order valence-corrected chi connectivity index (χ3v) is 2.89. The molecule has 18 heavy (non-hydrogen) atoms. The number of rotatable bonds is 7. The zero-order valence-electron chi connectivity index (χ0n) is 11.1. The molecule has 1 aromatic rings. The molecule has 0 aliphatic carbocycles. The first-order valence-electron chi connectivity index (χ1n) is 6.32. The van der Waals surface area contributed by atoms with E-state index in [0.29, 0.717) is 13.1 Å². The molecule has 4 nitrogen and oxygen atoms in total. The second kappa shape index (κ2) is 7.71. The molecule has 0 bridgehead atoms. The van der Waals surface area contributed by atoms with E-state index in [1.165, 1.54) is 0 Å². The Kier molecular flexibility index (Phi) is 6.22. The van der Waals surface area contributed by atoms with Crippen molar-refractivity contribution in [3.63, 3.8) is 0 Å². The van der Waals surface area contributed by atoms with Crippen LogP contribution in [0.15, 0.2) is 24.3 Å². The molecule has 0 spiro atoms. The van der Waals surface area contributed by atoms with Gasteiger partial charge in [-0.15, -0.1) is 0 Å². The summed E-state index contributed by atoms with van der Waals surface area (Å²) >= 11 is 0. The summed E-state index contributed by atoms with van der Waals surface area (Å²) in [6, 6.07) is 7.66. The van der Waals surface area contributed by atoms with E-state index in [0.717, 1.165) is 24.2 Å². The summed E-state index contributed by atoms with van der Waals surface area (Å²) in [5.41, 5.74) is 6.62. The van der Waals surface area contributed by atoms with Gasteiger partial charge in [0.25, 0.3) is 0 Å². The van der Waals surface area contributed by atoms with Gasteiger partial charge >= 0.3 is 0 Å². The minimum atomic E-state index is -0.0828. The van der Waals surface area contributed by atoms with Crippen LogP contribution >= 0.6 is 0 Å². The van der Waals surface area contributed by atoms with Crippen molar-refractivity contribution in [2.45, 2.75) is 26.3 Å². The van der Waals surface area contributed by atoms with Gasteiger partial charge < -0.3 is 15.8 Å². The van der Waals surface area contributed by atoms with E-state index >= 15 is 0 Å². The van der Waals surface area contributed by atoms with E-state index in [-0.39, 0.29) is 11.8 Å². The zero-order valence-corrected chi connectivity index (χ0v) is 11.1. The summed E-state index contributed by atoms with van der Waals surface area (Å²) in [4.78, 5) is 11.9. The maximum atomic E-state index is 11.9. The molecule has 4 heteroatoms. The van der Waals surface area contributed by atoms with Gasteiger partial charge in [-0.05, 0) is 24.1 Å². The van der Waals surface area contributed by atoms with Crippen molar-refractivity contribution in [3.8, 4) is 5.75 Å². The molecule has 0 radical (unpaired) electrons. The van der Waals surface area contributed by atoms with Gasteiger partial charge in [-0.25, -0.2) is 0 Å². The third kappa shape index (κ3) is 4.37. The van der Waals surface area contributed by atoms with E-state index in [9.17, 15) is 4.79 Å². The highest BCUT2D eigenvalue weighted by Gasteiger charge is 2.14. The highest BCUT2D eigenvalue weighted by Crippen LogP contribution is 2.12. The Hall–Kier alpha value is -1.55. The molecule has 100 valence electrons. The molecule has 1 unspecified atom stereocenters. The molecule has 0 aromatic heterocycles. The second-order valence-electron chi connectivity index (χ2n) is 4.29. The molecular formula is C14H22N2O2. The fraction of sp³-hybridized carbons (Fsp3) is 0.500. The van der Waals surface area contributed by atoms with Crippen molar-refractivity contribution in [2.75, 3.05) is 13.7 Å². The van der Waals surface area contributed by atoms with Gasteiger partial charge in [0.2, 0.25) is 5.91 Å². The fourth-order valence-electron chi connectivity index (χ4n) is 1.82. The topological polar surface area (TPSA) is 64.4 Å². The first-order valence-corrected chi connectivity index (χ1v) is 6.32. The molecule has 0 saturated heterocycles. The predicted molar refractivity (Wildman–Crippen MR) is 72.3 cm³/mol. The van der Waals surface area contributed by atoms with Crippen molar-refractivity contribution in [1.29, 1.82) is 0 Å². The predicted octanol–water partition coefficient (Wildman–Crippen LogP) is 1.69. The van der Waals surface area contributed by atoms with Crippen molar-refractivity contribution >= 4 is 5.91 Å². The second-order valence-corrected chi connectivity index (χ2v) is 4.29. The van der Waals surface area contributed by atoms with Crippen LogP contribution < -0.4 is 15.8 Å². The van der Waals surface area contributed by atoms with Crippen molar-refractivity contribution in [1.82, 2.24) is 5.32 Å². The summed E-state index contributed by atoms with van der Waals surface area (Å²) in [6.45, 7) is 2.96. The number of amides is 1. The average Bonchev–Trinajstić information content (AvgIpc) is 2.42. The van der Waals surface area contributed by atoms with Crippen LogP contribution in [0.4, 0.5) is 0 Å². The SMILES string of the molecule is CCCC(CN)C(=O)NCc1cccc(OC)c1. The van der Waals surface area contributed by atoms with Crippen molar-refractivity contribution in [3.05, 3.63) is 29.8 Å². The number of benzene rings is 1. The number of nitrogens with one attached hydrogen (secondary N) is 1. The van der Waals surface area contributed by atoms with E-state index < -0.39 is 0 Å². The quantitative estimate of drug-likeness (QED) is 0.774. The third-order valence-electron chi connectivity index (χ3n) is 2.89. The largest absolute Gasteiger partial charge is 0.497 e. The molecule has 0 heterocycles. The number of ether oxygens (including phenoxy) is 1. The molecule has 1 atom stereocenters. The lowest BCUT2D eigenvalue weighted by molar-refractivity contribution is -0.125. The lowest BCUT2D eigenvalue weighted by atomic mass is 10.0. The molecule has 1 aromatic carbocycles. The van der Waals surface area contributed by atoms with Gasteiger partial charge in [-0.1, -0.05) is 25.5 Å². The molecule has 0 aliphatic heterocycles. The van der Waals surface area contributed by atoms with Crippen LogP contribution in [0.25, 0.3) is 0 Å². The van der Waals surface area contributed by atoms with Crippen LogP contribution in [0, 0.1) is 5.92 Å². The van der Waals surface area contributed by atoms with Gasteiger partial charge in [0.05, 0.1) is 13.0 Å². The Balaban J connectivity index is 2.50. The number of carbonyl (C=O) groups is 1. The van der Waals surface area contributed by atoms with E-state index in [1.807, 2.05) is 24.3 Å². The summed E-state index contributed by atoms with van der Waals surface area (Å²) < 4.78 is 5.14. The molecule has 1 amide bonds. The monoisotopic (exact) mass is 250 g/mol.